The first-order valence-electron chi connectivity index (χ1n) is 10.2. The van der Waals surface area contributed by atoms with Crippen LogP contribution in [0.15, 0.2) is 91.0 Å². The van der Waals surface area contributed by atoms with Gasteiger partial charge < -0.3 is 4.74 Å². The average molecular weight is 554 g/mol. The molecular formula is C26H23IN2O2S. The summed E-state index contributed by atoms with van der Waals surface area (Å²) in [5, 5.41) is 4.72. The van der Waals surface area contributed by atoms with Crippen molar-refractivity contribution in [1.29, 1.82) is 0 Å². The molecule has 0 radical (unpaired) electrons. The number of esters is 1. The van der Waals surface area contributed by atoms with E-state index in [-0.39, 0.29) is 6.04 Å². The van der Waals surface area contributed by atoms with Gasteiger partial charge in [0.1, 0.15) is 7.89 Å². The molecule has 0 aliphatic rings. The summed E-state index contributed by atoms with van der Waals surface area (Å²) in [4.78, 5) is 16.7. The Morgan fingerprint density at radius 3 is 1.75 bits per heavy atom. The Hall–Kier alpha value is -2.55. The molecule has 1 heterocycles. The molecule has 0 spiro atoms. The third kappa shape index (κ3) is 4.35. The molecule has 0 aliphatic carbocycles. The average Bonchev–Trinajstić information content (AvgIpc) is 3.25. The zero-order chi connectivity index (χ0) is 22.6. The largest absolute Gasteiger partial charge is 0.464 e. The number of hydrogen-bond donors (Lipinski definition) is 1. The quantitative estimate of drug-likeness (QED) is 0.169. The number of carbonyl (C=O) groups excluding carboxylic acids is 1. The lowest BCUT2D eigenvalue weighted by Gasteiger charge is -2.39. The van der Waals surface area contributed by atoms with Crippen molar-refractivity contribution in [3.63, 3.8) is 0 Å². The van der Waals surface area contributed by atoms with Crippen LogP contribution in [0, 0.1) is 2.88 Å². The minimum atomic E-state index is -0.605. The van der Waals surface area contributed by atoms with Gasteiger partial charge in [-0.15, -0.1) is 11.3 Å². The summed E-state index contributed by atoms with van der Waals surface area (Å²) >= 11 is 3.66. The number of thiazole rings is 1. The lowest BCUT2D eigenvalue weighted by atomic mass is 9.76. The second-order valence-electron chi connectivity index (χ2n) is 7.38. The van der Waals surface area contributed by atoms with Gasteiger partial charge in [0, 0.05) is 0 Å². The van der Waals surface area contributed by atoms with Crippen LogP contribution in [0.3, 0.4) is 0 Å². The van der Waals surface area contributed by atoms with Crippen LogP contribution in [0.2, 0.25) is 0 Å². The van der Waals surface area contributed by atoms with Gasteiger partial charge in [-0.2, -0.15) is 0 Å². The smallest absolute Gasteiger partial charge is 0.358 e. The van der Waals surface area contributed by atoms with Gasteiger partial charge in [-0.3, -0.25) is 5.32 Å². The van der Waals surface area contributed by atoms with Crippen molar-refractivity contribution >= 4 is 39.9 Å². The molecule has 0 amide bonds. The number of rotatable bonds is 7. The molecule has 4 nitrogen and oxygen atoms in total. The molecule has 1 aromatic heterocycles. The van der Waals surface area contributed by atoms with Gasteiger partial charge in [-0.25, -0.2) is 9.78 Å². The standard InChI is InChI=1S/C26H23IN2O2S/c1-18(24-28-22(23(27)32-24)25(30)31-2)29-26(19-12-6-3-7-13-19,20-14-8-4-9-15-20)21-16-10-5-11-17-21/h3-18,29H,1-2H3/t18-/m0/s1. The summed E-state index contributed by atoms with van der Waals surface area (Å²) in [6.07, 6.45) is 0. The van der Waals surface area contributed by atoms with E-state index in [4.69, 9.17) is 4.74 Å². The Morgan fingerprint density at radius 1 is 0.906 bits per heavy atom. The molecule has 6 heteroatoms. The molecule has 0 fully saturated rings. The van der Waals surface area contributed by atoms with E-state index in [1.165, 1.54) is 18.4 Å². The first-order valence-corrected chi connectivity index (χ1v) is 12.1. The van der Waals surface area contributed by atoms with Crippen LogP contribution < -0.4 is 5.32 Å². The summed E-state index contributed by atoms with van der Waals surface area (Å²) in [5.41, 5.74) is 3.15. The van der Waals surface area contributed by atoms with Crippen molar-refractivity contribution in [2.75, 3.05) is 7.11 Å². The maximum atomic E-state index is 12.1. The monoisotopic (exact) mass is 554 g/mol. The second kappa shape index (κ2) is 9.94. The molecule has 162 valence electrons. The number of benzene rings is 3. The number of halogens is 1. The van der Waals surface area contributed by atoms with E-state index in [9.17, 15) is 4.79 Å². The van der Waals surface area contributed by atoms with E-state index in [0.29, 0.717) is 5.69 Å². The second-order valence-corrected chi connectivity index (χ2v) is 10.2. The van der Waals surface area contributed by atoms with Crippen molar-refractivity contribution in [3.05, 3.63) is 121 Å². The van der Waals surface area contributed by atoms with Gasteiger partial charge in [0.25, 0.3) is 0 Å². The number of ether oxygens (including phenoxy) is 1. The Balaban J connectivity index is 1.88. The number of methoxy groups -OCH3 is 1. The van der Waals surface area contributed by atoms with E-state index in [1.807, 2.05) is 18.2 Å². The van der Waals surface area contributed by atoms with Crippen molar-refractivity contribution in [2.24, 2.45) is 0 Å². The number of nitrogens with one attached hydrogen (secondary N) is 1. The van der Waals surface area contributed by atoms with E-state index in [1.54, 1.807) is 0 Å². The SMILES string of the molecule is COC(=O)c1nc([C@H](C)NC(c2ccccc2)(c2ccccc2)c2ccccc2)sc1I. The lowest BCUT2D eigenvalue weighted by Crippen LogP contribution is -2.45. The first kappa shape index (κ1) is 22.6. The first-order chi connectivity index (χ1) is 15.6. The number of hydrogen-bond acceptors (Lipinski definition) is 5. The third-order valence-corrected chi connectivity index (χ3v) is 7.60. The summed E-state index contributed by atoms with van der Waals surface area (Å²) < 4.78 is 5.72. The van der Waals surface area contributed by atoms with Crippen molar-refractivity contribution in [1.82, 2.24) is 10.3 Å². The fourth-order valence-corrected chi connectivity index (χ4v) is 5.73. The summed E-state index contributed by atoms with van der Waals surface area (Å²) in [5.74, 6) is -0.412. The number of aromatic nitrogens is 1. The van der Waals surface area contributed by atoms with Crippen LogP contribution in [0.5, 0.6) is 0 Å². The molecular weight excluding hydrogens is 531 g/mol. The highest BCUT2D eigenvalue weighted by Gasteiger charge is 2.38. The molecule has 1 atom stereocenters. The van der Waals surface area contributed by atoms with Gasteiger partial charge >= 0.3 is 5.97 Å². The predicted molar refractivity (Wildman–Crippen MR) is 137 cm³/mol. The molecule has 0 saturated heterocycles. The Labute approximate surface area is 205 Å². The van der Waals surface area contributed by atoms with Gasteiger partial charge in [-0.05, 0) is 46.2 Å². The Bertz CT molecular complexity index is 1080. The van der Waals surface area contributed by atoms with E-state index in [2.05, 4.69) is 113 Å². The van der Waals surface area contributed by atoms with Crippen LogP contribution in [0.25, 0.3) is 0 Å². The van der Waals surface area contributed by atoms with Gasteiger partial charge in [0.2, 0.25) is 0 Å². The number of nitrogens with zero attached hydrogens (tertiary/aromatic N) is 1. The third-order valence-electron chi connectivity index (χ3n) is 5.40. The van der Waals surface area contributed by atoms with E-state index < -0.39 is 11.5 Å². The van der Waals surface area contributed by atoms with E-state index >= 15 is 0 Å². The minimum absolute atomic E-state index is 0.132. The summed E-state index contributed by atoms with van der Waals surface area (Å²) in [6, 6.07) is 31.2. The molecule has 32 heavy (non-hydrogen) atoms. The highest BCUT2D eigenvalue weighted by Crippen LogP contribution is 2.39. The Morgan fingerprint density at radius 2 is 1.34 bits per heavy atom. The van der Waals surface area contributed by atoms with Crippen LogP contribution in [-0.2, 0) is 10.3 Å². The normalized spacial score (nSPS) is 12.3. The Kier molecular flexibility index (Phi) is 7.03. The molecule has 0 unspecified atom stereocenters. The van der Waals surface area contributed by atoms with Crippen molar-refractivity contribution in [2.45, 2.75) is 18.5 Å². The highest BCUT2D eigenvalue weighted by molar-refractivity contribution is 14.1. The van der Waals surface area contributed by atoms with E-state index in [0.717, 1.165) is 24.6 Å². The molecule has 1 N–H and O–H groups in total. The van der Waals surface area contributed by atoms with Crippen LogP contribution in [0.4, 0.5) is 0 Å². The van der Waals surface area contributed by atoms with Crippen LogP contribution in [-0.4, -0.2) is 18.1 Å². The maximum absolute atomic E-state index is 12.1. The predicted octanol–water partition coefficient (Wildman–Crippen LogP) is 6.18. The van der Waals surface area contributed by atoms with Gasteiger partial charge in [0.05, 0.1) is 18.7 Å². The summed E-state index contributed by atoms with van der Waals surface area (Å²) in [6.45, 7) is 2.08. The lowest BCUT2D eigenvalue weighted by molar-refractivity contribution is 0.0593. The van der Waals surface area contributed by atoms with Gasteiger partial charge in [-0.1, -0.05) is 91.0 Å². The van der Waals surface area contributed by atoms with Crippen molar-refractivity contribution < 1.29 is 9.53 Å². The zero-order valence-corrected chi connectivity index (χ0v) is 20.8. The fraction of sp³-hybridized carbons (Fsp3) is 0.154. The highest BCUT2D eigenvalue weighted by atomic mass is 127. The summed E-state index contributed by atoms with van der Waals surface area (Å²) in [7, 11) is 1.38. The van der Waals surface area contributed by atoms with Gasteiger partial charge in [0.15, 0.2) is 5.69 Å². The molecule has 4 rings (SSSR count). The van der Waals surface area contributed by atoms with Crippen molar-refractivity contribution in [3.8, 4) is 0 Å². The number of carbonyl (C=O) groups is 1. The fourth-order valence-electron chi connectivity index (χ4n) is 3.93. The molecule has 3 aromatic carbocycles. The molecule has 4 aromatic rings. The van der Waals surface area contributed by atoms with Crippen LogP contribution in [0.1, 0.15) is 45.2 Å². The minimum Gasteiger partial charge on any atom is -0.464 e. The molecule has 0 bridgehead atoms. The zero-order valence-electron chi connectivity index (χ0n) is 17.8. The topological polar surface area (TPSA) is 51.2 Å². The molecule has 0 aliphatic heterocycles. The van der Waals surface area contributed by atoms with Crippen LogP contribution >= 0.6 is 33.9 Å². The maximum Gasteiger partial charge on any atom is 0.358 e. The molecule has 0 saturated carbocycles.